The van der Waals surface area contributed by atoms with Crippen LogP contribution in [0.25, 0.3) is 10.8 Å². The van der Waals surface area contributed by atoms with E-state index in [2.05, 4.69) is 60.9 Å². The minimum Gasteiger partial charge on any atom is -0.248 e. The molecule has 0 bridgehead atoms. The van der Waals surface area contributed by atoms with Gasteiger partial charge >= 0.3 is 0 Å². The van der Waals surface area contributed by atoms with Gasteiger partial charge in [0.25, 0.3) is 0 Å². The second kappa shape index (κ2) is 5.90. The van der Waals surface area contributed by atoms with Crippen LogP contribution in [0.4, 0.5) is 5.69 Å². The lowest BCUT2D eigenvalue weighted by atomic mass is 9.83. The van der Waals surface area contributed by atoms with Gasteiger partial charge in [-0.15, -0.1) is 0 Å². The zero-order chi connectivity index (χ0) is 16.7. The van der Waals surface area contributed by atoms with Crippen molar-refractivity contribution in [2.45, 2.75) is 20.3 Å². The van der Waals surface area contributed by atoms with Crippen molar-refractivity contribution < 1.29 is 4.58 Å². The van der Waals surface area contributed by atoms with Crippen LogP contribution in [0.3, 0.4) is 0 Å². The van der Waals surface area contributed by atoms with Crippen LogP contribution >= 0.6 is 0 Å². The molecular weight excluding hydrogens is 291 g/mol. The second-order valence-corrected chi connectivity index (χ2v) is 6.29. The SMILES string of the molecule is [B]c1cc2c(c3ccccc13)N=C1C=CC(=[N+](CC)CC)C=C1C2. The molecule has 0 atom stereocenters. The van der Waals surface area contributed by atoms with Crippen LogP contribution in [0.2, 0.25) is 0 Å². The third kappa shape index (κ3) is 2.36. The summed E-state index contributed by atoms with van der Waals surface area (Å²) in [6.45, 7) is 6.41. The summed E-state index contributed by atoms with van der Waals surface area (Å²) in [5, 5.41) is 2.23. The predicted octanol–water partition coefficient (Wildman–Crippen LogP) is 3.25. The number of rotatable bonds is 2. The standard InChI is InChI=1S/C21H20BN2/c1-3-24(4-2)16-9-10-20-14(12-16)11-15-13-19(22)17-7-5-6-8-18(17)21(15)23-20/h5-10,12-13H,3-4,11H2,1-2H3/q+1. The third-order valence-electron chi connectivity index (χ3n) is 4.93. The van der Waals surface area contributed by atoms with Crippen molar-refractivity contribution in [3.8, 4) is 0 Å². The minimum atomic E-state index is 0.836. The van der Waals surface area contributed by atoms with Gasteiger partial charge in [0.2, 0.25) is 0 Å². The number of nitrogens with zero attached hydrogens (tertiary/aromatic N) is 2. The molecule has 0 saturated heterocycles. The van der Waals surface area contributed by atoms with E-state index in [0.717, 1.165) is 47.1 Å². The Morgan fingerprint density at radius 3 is 2.58 bits per heavy atom. The van der Waals surface area contributed by atoms with Gasteiger partial charge in [0, 0.05) is 24.0 Å². The van der Waals surface area contributed by atoms with Crippen molar-refractivity contribution in [1.82, 2.24) is 0 Å². The Bertz CT molecular complexity index is 955. The van der Waals surface area contributed by atoms with Crippen molar-refractivity contribution in [3.05, 3.63) is 59.7 Å². The summed E-state index contributed by atoms with van der Waals surface area (Å²) < 4.78 is 2.37. The molecule has 0 fully saturated rings. The number of fused-ring (bicyclic) bond motifs is 4. The van der Waals surface area contributed by atoms with Crippen LogP contribution in [-0.2, 0) is 6.42 Å². The van der Waals surface area contributed by atoms with Gasteiger partial charge in [-0.25, -0.2) is 9.57 Å². The summed E-state index contributed by atoms with van der Waals surface area (Å²) >= 11 is 0. The smallest absolute Gasteiger partial charge is 0.200 e. The van der Waals surface area contributed by atoms with Crippen molar-refractivity contribution >= 4 is 41.2 Å². The highest BCUT2D eigenvalue weighted by atomic mass is 15.0. The number of allylic oxidation sites excluding steroid dienone is 4. The van der Waals surface area contributed by atoms with Gasteiger partial charge in [-0.3, -0.25) is 0 Å². The average molecular weight is 311 g/mol. The van der Waals surface area contributed by atoms with Crippen LogP contribution in [-0.4, -0.2) is 36.9 Å². The van der Waals surface area contributed by atoms with Crippen LogP contribution in [0.5, 0.6) is 0 Å². The summed E-state index contributed by atoms with van der Waals surface area (Å²) in [5.41, 5.74) is 6.75. The molecule has 0 N–H and O–H groups in total. The van der Waals surface area contributed by atoms with Crippen molar-refractivity contribution in [1.29, 1.82) is 0 Å². The van der Waals surface area contributed by atoms with Crippen molar-refractivity contribution in [2.24, 2.45) is 4.99 Å². The van der Waals surface area contributed by atoms with Gasteiger partial charge in [-0.05, 0) is 36.4 Å². The highest BCUT2D eigenvalue weighted by Gasteiger charge is 2.22. The highest BCUT2D eigenvalue weighted by molar-refractivity contribution is 6.39. The van der Waals surface area contributed by atoms with Gasteiger partial charge in [0.15, 0.2) is 5.71 Å². The fourth-order valence-electron chi connectivity index (χ4n) is 3.65. The molecule has 2 aromatic carbocycles. The lowest BCUT2D eigenvalue weighted by molar-refractivity contribution is -0.519. The first-order valence-electron chi connectivity index (χ1n) is 8.61. The fourth-order valence-corrected chi connectivity index (χ4v) is 3.65. The van der Waals surface area contributed by atoms with Crippen LogP contribution in [0.1, 0.15) is 19.4 Å². The Labute approximate surface area is 144 Å². The Morgan fingerprint density at radius 2 is 1.83 bits per heavy atom. The number of hydrogen-bond donors (Lipinski definition) is 0. The summed E-state index contributed by atoms with van der Waals surface area (Å²) in [4.78, 5) is 4.96. The Hall–Kier alpha value is -2.42. The molecule has 0 unspecified atom stereocenters. The van der Waals surface area contributed by atoms with Crippen molar-refractivity contribution in [3.63, 3.8) is 0 Å². The lowest BCUT2D eigenvalue weighted by Gasteiger charge is -2.21. The molecule has 4 rings (SSSR count). The Morgan fingerprint density at radius 1 is 1.08 bits per heavy atom. The van der Waals surface area contributed by atoms with E-state index < -0.39 is 0 Å². The van der Waals surface area contributed by atoms with Gasteiger partial charge in [-0.1, -0.05) is 35.8 Å². The maximum absolute atomic E-state index is 6.27. The van der Waals surface area contributed by atoms with Gasteiger partial charge in [-0.2, -0.15) is 0 Å². The van der Waals surface area contributed by atoms with Gasteiger partial charge in [0.05, 0.1) is 11.4 Å². The van der Waals surface area contributed by atoms with E-state index in [1.54, 1.807) is 0 Å². The molecule has 1 aliphatic heterocycles. The lowest BCUT2D eigenvalue weighted by Crippen LogP contribution is -2.23. The molecule has 2 nitrogen and oxygen atoms in total. The van der Waals surface area contributed by atoms with Crippen molar-refractivity contribution in [2.75, 3.05) is 13.1 Å². The molecule has 0 amide bonds. The first kappa shape index (κ1) is 15.1. The molecule has 0 spiro atoms. The zero-order valence-electron chi connectivity index (χ0n) is 14.2. The summed E-state index contributed by atoms with van der Waals surface area (Å²) in [5.74, 6) is 0. The van der Waals surface area contributed by atoms with E-state index in [-0.39, 0.29) is 0 Å². The normalized spacial score (nSPS) is 15.7. The Balaban J connectivity index is 1.89. The molecule has 2 aliphatic rings. The zero-order valence-corrected chi connectivity index (χ0v) is 14.2. The largest absolute Gasteiger partial charge is 0.248 e. The molecule has 3 heteroatoms. The van der Waals surface area contributed by atoms with E-state index in [4.69, 9.17) is 12.8 Å². The summed E-state index contributed by atoms with van der Waals surface area (Å²) in [7, 11) is 6.27. The van der Waals surface area contributed by atoms with E-state index >= 15 is 0 Å². The molecule has 24 heavy (non-hydrogen) atoms. The highest BCUT2D eigenvalue weighted by Crippen LogP contribution is 2.35. The van der Waals surface area contributed by atoms with Gasteiger partial charge < -0.3 is 0 Å². The maximum Gasteiger partial charge on any atom is 0.200 e. The maximum atomic E-state index is 6.27. The second-order valence-electron chi connectivity index (χ2n) is 6.29. The quantitative estimate of drug-likeness (QED) is 0.460. The van der Waals surface area contributed by atoms with E-state index in [1.165, 1.54) is 16.8 Å². The van der Waals surface area contributed by atoms with E-state index in [9.17, 15) is 0 Å². The monoisotopic (exact) mass is 311 g/mol. The number of benzene rings is 2. The molecular formula is C21H20BN2+. The summed E-state index contributed by atoms with van der Waals surface area (Å²) in [6.07, 6.45) is 7.50. The minimum absolute atomic E-state index is 0.836. The first-order valence-corrected chi connectivity index (χ1v) is 8.61. The fraction of sp³-hybridized carbons (Fsp3) is 0.238. The first-order chi connectivity index (χ1) is 11.7. The van der Waals surface area contributed by atoms with Gasteiger partial charge in [0.1, 0.15) is 20.9 Å². The molecule has 1 heterocycles. The molecule has 0 aromatic heterocycles. The molecule has 2 radical (unpaired) electrons. The molecule has 116 valence electrons. The van der Waals surface area contributed by atoms with E-state index in [0.29, 0.717) is 0 Å². The number of aliphatic imine (C=N–C) groups is 1. The molecule has 1 aliphatic carbocycles. The molecule has 0 saturated carbocycles. The van der Waals surface area contributed by atoms with Crippen LogP contribution in [0, 0.1) is 0 Å². The van der Waals surface area contributed by atoms with Crippen LogP contribution in [0.15, 0.2) is 59.1 Å². The van der Waals surface area contributed by atoms with E-state index in [1.807, 2.05) is 6.07 Å². The average Bonchev–Trinajstić information content (AvgIpc) is 2.62. The third-order valence-corrected chi connectivity index (χ3v) is 4.93. The predicted molar refractivity (Wildman–Crippen MR) is 104 cm³/mol. The Kier molecular flexibility index (Phi) is 3.72. The molecule has 2 aromatic rings. The number of hydrogen-bond acceptors (Lipinski definition) is 1. The topological polar surface area (TPSA) is 15.4 Å². The summed E-state index contributed by atoms with van der Waals surface area (Å²) in [6, 6.07) is 10.4. The van der Waals surface area contributed by atoms with Crippen LogP contribution < -0.4 is 5.46 Å².